The van der Waals surface area contributed by atoms with Gasteiger partial charge in [-0.05, 0) is 42.5 Å². The predicted octanol–water partition coefficient (Wildman–Crippen LogP) is 1.41. The van der Waals surface area contributed by atoms with E-state index in [0.29, 0.717) is 0 Å². The molecule has 1 aliphatic heterocycles. The predicted molar refractivity (Wildman–Crippen MR) is 50.9 cm³/mol. The van der Waals surface area contributed by atoms with Gasteiger partial charge < -0.3 is 9.47 Å². The van der Waals surface area contributed by atoms with Crippen LogP contribution >= 0.6 is 22.6 Å². The first-order valence-corrected chi connectivity index (χ1v) is 4.85. The van der Waals surface area contributed by atoms with Gasteiger partial charge in [-0.1, -0.05) is 0 Å². The lowest BCUT2D eigenvalue weighted by molar-refractivity contribution is -0.152. The lowest BCUT2D eigenvalue weighted by atomic mass is 10.2. The maximum Gasteiger partial charge on any atom is 0.200 e. The molecule has 0 aromatic carbocycles. The molecule has 0 aromatic rings. The second-order valence-electron chi connectivity index (χ2n) is 3.40. The molecular weight excluding hydrogens is 271 g/mol. The zero-order valence-corrected chi connectivity index (χ0v) is 8.99. The minimum absolute atomic E-state index is 0.0474. The van der Waals surface area contributed by atoms with Crippen molar-refractivity contribution in [1.29, 1.82) is 0 Å². The van der Waals surface area contributed by atoms with Crippen LogP contribution in [0.25, 0.3) is 0 Å². The monoisotopic (exact) mass is 280 g/mol. The molecule has 0 saturated carbocycles. The van der Waals surface area contributed by atoms with Gasteiger partial charge in [0.15, 0.2) is 11.9 Å². The maximum atomic E-state index is 11.4. The number of carbonyl (C=O) groups excluding carboxylic acids is 1. The van der Waals surface area contributed by atoms with Gasteiger partial charge in [0.25, 0.3) is 0 Å². The largest absolute Gasteiger partial charge is 0.340 e. The topological polar surface area (TPSA) is 35.5 Å². The van der Waals surface area contributed by atoms with Crippen molar-refractivity contribution in [2.45, 2.75) is 31.8 Å². The molecule has 1 heterocycles. The fraction of sp³-hybridized carbons (Fsp3) is 0.625. The Hall–Kier alpha value is 0.0600. The number of halogens is 1. The van der Waals surface area contributed by atoms with Crippen molar-refractivity contribution in [2.75, 3.05) is 0 Å². The first kappa shape index (κ1) is 8.65. The van der Waals surface area contributed by atoms with Crippen LogP contribution in [0.1, 0.15) is 13.8 Å². The Bertz CT molecular complexity index is 269. The standard InChI is InChI=1S/C8H9IO3/c1-8(2)11-5-3-4(9)6(10)7(5)12-8/h3,5,7H,1-2H3/t5-,7-/m0/s1. The van der Waals surface area contributed by atoms with E-state index in [9.17, 15) is 4.79 Å². The molecule has 0 N–H and O–H groups in total. The summed E-state index contributed by atoms with van der Waals surface area (Å²) in [4.78, 5) is 11.4. The van der Waals surface area contributed by atoms with Crippen molar-refractivity contribution in [2.24, 2.45) is 0 Å². The van der Waals surface area contributed by atoms with Crippen molar-refractivity contribution in [1.82, 2.24) is 0 Å². The van der Waals surface area contributed by atoms with E-state index >= 15 is 0 Å². The van der Waals surface area contributed by atoms with Gasteiger partial charge in [-0.25, -0.2) is 0 Å². The number of Topliss-reactive ketones (excluding diaryl/α,β-unsaturated/α-hetero) is 1. The van der Waals surface area contributed by atoms with Gasteiger partial charge in [0.1, 0.15) is 6.10 Å². The average molecular weight is 280 g/mol. The van der Waals surface area contributed by atoms with Gasteiger partial charge in [-0.15, -0.1) is 0 Å². The second kappa shape index (κ2) is 2.52. The minimum Gasteiger partial charge on any atom is -0.340 e. The Morgan fingerprint density at radius 1 is 1.50 bits per heavy atom. The lowest BCUT2D eigenvalue weighted by Gasteiger charge is -2.16. The molecule has 0 amide bonds. The molecule has 12 heavy (non-hydrogen) atoms. The van der Waals surface area contributed by atoms with Gasteiger partial charge in [0.05, 0.1) is 3.58 Å². The average Bonchev–Trinajstić information content (AvgIpc) is 2.33. The van der Waals surface area contributed by atoms with Gasteiger partial charge in [0, 0.05) is 0 Å². The molecule has 66 valence electrons. The molecule has 0 spiro atoms. The van der Waals surface area contributed by atoms with Gasteiger partial charge in [0.2, 0.25) is 5.78 Å². The molecule has 2 rings (SSSR count). The maximum absolute atomic E-state index is 11.4. The summed E-state index contributed by atoms with van der Waals surface area (Å²) in [5.41, 5.74) is 0. The zero-order valence-electron chi connectivity index (χ0n) is 6.83. The van der Waals surface area contributed by atoms with Crippen molar-refractivity contribution >= 4 is 28.4 Å². The third kappa shape index (κ3) is 1.22. The number of ketones is 1. The number of hydrogen-bond acceptors (Lipinski definition) is 3. The minimum atomic E-state index is -0.612. The summed E-state index contributed by atoms with van der Waals surface area (Å²) >= 11 is 2.01. The molecule has 3 nitrogen and oxygen atoms in total. The molecule has 4 heteroatoms. The summed E-state index contributed by atoms with van der Waals surface area (Å²) < 4.78 is 11.6. The first-order chi connectivity index (χ1) is 5.49. The van der Waals surface area contributed by atoms with E-state index in [1.807, 2.05) is 42.5 Å². The fourth-order valence-electron chi connectivity index (χ4n) is 1.48. The Balaban J connectivity index is 2.25. The fourth-order valence-corrected chi connectivity index (χ4v) is 2.14. The van der Waals surface area contributed by atoms with Crippen LogP contribution < -0.4 is 0 Å². The highest BCUT2D eigenvalue weighted by atomic mass is 127. The Morgan fingerprint density at radius 2 is 2.17 bits per heavy atom. The molecule has 0 aromatic heterocycles. The van der Waals surface area contributed by atoms with Crippen LogP contribution in [0.2, 0.25) is 0 Å². The summed E-state index contributed by atoms with van der Waals surface area (Å²) in [6.45, 7) is 3.64. The quantitative estimate of drug-likeness (QED) is 0.629. The molecule has 1 aliphatic carbocycles. The van der Waals surface area contributed by atoms with Crippen LogP contribution in [0.3, 0.4) is 0 Å². The number of fused-ring (bicyclic) bond motifs is 1. The van der Waals surface area contributed by atoms with Crippen molar-refractivity contribution in [3.8, 4) is 0 Å². The van der Waals surface area contributed by atoms with E-state index in [0.717, 1.165) is 3.58 Å². The summed E-state index contributed by atoms with van der Waals surface area (Å²) in [7, 11) is 0. The Kier molecular flexibility index (Phi) is 1.82. The van der Waals surface area contributed by atoms with Crippen molar-refractivity contribution in [3.05, 3.63) is 9.66 Å². The highest BCUT2D eigenvalue weighted by molar-refractivity contribution is 14.1. The molecule has 1 saturated heterocycles. The van der Waals surface area contributed by atoms with E-state index in [2.05, 4.69) is 0 Å². The van der Waals surface area contributed by atoms with Crippen LogP contribution in [0.15, 0.2) is 9.66 Å². The molecule has 0 bridgehead atoms. The van der Waals surface area contributed by atoms with Gasteiger partial charge >= 0.3 is 0 Å². The normalized spacial score (nSPS) is 38.2. The summed E-state index contributed by atoms with van der Waals surface area (Å²) in [5, 5.41) is 0. The third-order valence-electron chi connectivity index (χ3n) is 1.93. The van der Waals surface area contributed by atoms with Gasteiger partial charge in [-0.3, -0.25) is 4.79 Å². The third-order valence-corrected chi connectivity index (χ3v) is 2.82. The van der Waals surface area contributed by atoms with E-state index in [1.54, 1.807) is 0 Å². The molecule has 1 fully saturated rings. The van der Waals surface area contributed by atoms with Crippen LogP contribution in [0, 0.1) is 0 Å². The van der Waals surface area contributed by atoms with E-state index in [1.165, 1.54) is 0 Å². The molecular formula is C8H9IO3. The van der Waals surface area contributed by atoms with Crippen molar-refractivity contribution in [3.63, 3.8) is 0 Å². The number of ether oxygens (including phenoxy) is 2. The van der Waals surface area contributed by atoms with Crippen LogP contribution in [-0.2, 0) is 14.3 Å². The van der Waals surface area contributed by atoms with Gasteiger partial charge in [-0.2, -0.15) is 0 Å². The SMILES string of the molecule is CC1(C)O[C@H]2C=C(I)C(=O)[C@H]2O1. The Morgan fingerprint density at radius 3 is 2.75 bits per heavy atom. The smallest absolute Gasteiger partial charge is 0.200 e. The zero-order chi connectivity index (χ0) is 8.93. The number of rotatable bonds is 0. The molecule has 2 aliphatic rings. The second-order valence-corrected chi connectivity index (χ2v) is 4.56. The lowest BCUT2D eigenvalue weighted by Crippen LogP contribution is -2.25. The summed E-state index contributed by atoms with van der Waals surface area (Å²) in [6, 6.07) is 0. The highest BCUT2D eigenvalue weighted by Gasteiger charge is 2.48. The van der Waals surface area contributed by atoms with Crippen LogP contribution in [-0.4, -0.2) is 23.8 Å². The molecule has 0 unspecified atom stereocenters. The number of hydrogen-bond donors (Lipinski definition) is 0. The Labute approximate surface area is 84.2 Å². The number of carbonyl (C=O) groups is 1. The van der Waals surface area contributed by atoms with Crippen LogP contribution in [0.4, 0.5) is 0 Å². The van der Waals surface area contributed by atoms with E-state index < -0.39 is 11.9 Å². The first-order valence-electron chi connectivity index (χ1n) is 3.77. The van der Waals surface area contributed by atoms with E-state index in [4.69, 9.17) is 9.47 Å². The molecule has 2 atom stereocenters. The van der Waals surface area contributed by atoms with E-state index in [-0.39, 0.29) is 11.9 Å². The van der Waals surface area contributed by atoms with Crippen LogP contribution in [0.5, 0.6) is 0 Å². The summed E-state index contributed by atoms with van der Waals surface area (Å²) in [6.07, 6.45) is 1.26. The highest BCUT2D eigenvalue weighted by Crippen LogP contribution is 2.36. The molecule has 0 radical (unpaired) electrons. The van der Waals surface area contributed by atoms with Crippen molar-refractivity contribution < 1.29 is 14.3 Å². The summed E-state index contributed by atoms with van der Waals surface area (Å²) in [5.74, 6) is -0.565.